The largest absolute Gasteiger partial charge is 0.369 e. The summed E-state index contributed by atoms with van der Waals surface area (Å²) in [5, 5.41) is 0. The molecule has 1 aromatic rings. The molecule has 0 bridgehead atoms. The van der Waals surface area contributed by atoms with E-state index in [1.165, 1.54) is 0 Å². The lowest BCUT2D eigenvalue weighted by molar-refractivity contribution is 0.0690. The summed E-state index contributed by atoms with van der Waals surface area (Å²) >= 11 is 0. The van der Waals surface area contributed by atoms with Gasteiger partial charge in [0.25, 0.3) is 0 Å². The van der Waals surface area contributed by atoms with Crippen molar-refractivity contribution in [2.24, 2.45) is 0 Å². The first-order chi connectivity index (χ1) is 6.79. The molecule has 14 heavy (non-hydrogen) atoms. The fourth-order valence-electron chi connectivity index (χ4n) is 1.16. The van der Waals surface area contributed by atoms with Crippen molar-refractivity contribution < 1.29 is 9.53 Å². The van der Waals surface area contributed by atoms with Gasteiger partial charge >= 0.3 is 5.97 Å². The van der Waals surface area contributed by atoms with Gasteiger partial charge in [0.15, 0.2) is 0 Å². The Labute approximate surface area is 83.2 Å². The van der Waals surface area contributed by atoms with E-state index < -0.39 is 5.97 Å². The first-order valence-electron chi connectivity index (χ1n) is 4.15. The number of hydrogen-bond donors (Lipinski definition) is 0. The van der Waals surface area contributed by atoms with E-state index in [1.54, 1.807) is 18.2 Å². The molecular formula is C12H10O2. The average Bonchev–Trinajstić information content (AvgIpc) is 2.19. The second-order valence-electron chi connectivity index (χ2n) is 2.66. The Balaban J connectivity index is 3.01. The zero-order valence-electron chi connectivity index (χ0n) is 7.69. The van der Waals surface area contributed by atoms with E-state index in [-0.39, 0.29) is 0 Å². The Hall–Kier alpha value is -2.01. The number of allylic oxidation sites excluding steroid dienone is 1. The molecule has 0 aliphatic rings. The molecule has 0 radical (unpaired) electrons. The maximum Gasteiger partial charge on any atom is 0.352 e. The molecule has 0 aliphatic heterocycles. The number of terminal acetylenes is 1. The van der Waals surface area contributed by atoms with Crippen LogP contribution < -0.4 is 0 Å². The highest BCUT2D eigenvalue weighted by molar-refractivity contribution is 5.91. The molecule has 0 amide bonds. The topological polar surface area (TPSA) is 26.3 Å². The van der Waals surface area contributed by atoms with Gasteiger partial charge in [0.05, 0.1) is 5.56 Å². The van der Waals surface area contributed by atoms with Crippen molar-refractivity contribution in [3.05, 3.63) is 48.0 Å². The molecule has 0 spiro atoms. The van der Waals surface area contributed by atoms with Crippen molar-refractivity contribution in [1.29, 1.82) is 0 Å². The van der Waals surface area contributed by atoms with Gasteiger partial charge in [-0.15, -0.1) is 6.58 Å². The second kappa shape index (κ2) is 4.88. The molecule has 0 N–H and O–H groups in total. The first kappa shape index (κ1) is 10.1. The monoisotopic (exact) mass is 186 g/mol. The van der Waals surface area contributed by atoms with Gasteiger partial charge in [0.1, 0.15) is 6.11 Å². The highest BCUT2D eigenvalue weighted by Crippen LogP contribution is 2.11. The van der Waals surface area contributed by atoms with Crippen molar-refractivity contribution in [1.82, 2.24) is 0 Å². The molecule has 0 aliphatic carbocycles. The summed E-state index contributed by atoms with van der Waals surface area (Å²) < 4.78 is 4.47. The van der Waals surface area contributed by atoms with E-state index in [9.17, 15) is 4.79 Å². The van der Waals surface area contributed by atoms with Gasteiger partial charge in [-0.05, 0) is 18.1 Å². The molecule has 2 heteroatoms. The predicted molar refractivity (Wildman–Crippen MR) is 54.6 cm³/mol. The van der Waals surface area contributed by atoms with Gasteiger partial charge in [-0.25, -0.2) is 4.79 Å². The summed E-state index contributed by atoms with van der Waals surface area (Å²) in [6.07, 6.45) is 9.08. The van der Waals surface area contributed by atoms with Crippen LogP contribution in [0.4, 0.5) is 0 Å². The van der Waals surface area contributed by atoms with E-state index in [1.807, 2.05) is 18.2 Å². The minimum Gasteiger partial charge on any atom is -0.369 e. The summed E-state index contributed by atoms with van der Waals surface area (Å²) in [4.78, 5) is 11.3. The van der Waals surface area contributed by atoms with E-state index >= 15 is 0 Å². The second-order valence-corrected chi connectivity index (χ2v) is 2.66. The van der Waals surface area contributed by atoms with E-state index in [0.29, 0.717) is 12.0 Å². The number of carbonyl (C=O) groups is 1. The third-order valence-electron chi connectivity index (χ3n) is 1.75. The number of carbonyl (C=O) groups excluding carboxylic acids is 1. The van der Waals surface area contributed by atoms with Crippen molar-refractivity contribution in [3.63, 3.8) is 0 Å². The SMILES string of the molecule is C#COC(=O)c1ccccc1CC=C. The Bertz CT molecular complexity index is 386. The molecular weight excluding hydrogens is 176 g/mol. The summed E-state index contributed by atoms with van der Waals surface area (Å²) in [6, 6.07) is 7.14. The summed E-state index contributed by atoms with van der Waals surface area (Å²) in [5.74, 6) is -0.495. The number of hydrogen-bond acceptors (Lipinski definition) is 2. The lowest BCUT2D eigenvalue weighted by Crippen LogP contribution is -2.04. The number of ether oxygens (including phenoxy) is 1. The third kappa shape index (κ3) is 2.24. The first-order valence-corrected chi connectivity index (χ1v) is 4.15. The van der Waals surface area contributed by atoms with Crippen LogP contribution in [-0.4, -0.2) is 5.97 Å². The Morgan fingerprint density at radius 3 is 2.93 bits per heavy atom. The standard InChI is InChI=1S/C12H10O2/c1-3-7-10-8-5-6-9-11(10)12(13)14-4-2/h2-3,5-6,8-9H,1,7H2. The summed E-state index contributed by atoms with van der Waals surface area (Å²) in [7, 11) is 0. The molecule has 2 nitrogen and oxygen atoms in total. The lowest BCUT2D eigenvalue weighted by atomic mass is 10.1. The van der Waals surface area contributed by atoms with Crippen molar-refractivity contribution in [2.75, 3.05) is 0 Å². The van der Waals surface area contributed by atoms with E-state index in [4.69, 9.17) is 6.42 Å². The van der Waals surface area contributed by atoms with Crippen LogP contribution >= 0.6 is 0 Å². The number of benzene rings is 1. The molecule has 1 aromatic carbocycles. The van der Waals surface area contributed by atoms with Crippen LogP contribution in [0.5, 0.6) is 0 Å². The van der Waals surface area contributed by atoms with E-state index in [2.05, 4.69) is 11.3 Å². The summed E-state index contributed by atoms with van der Waals surface area (Å²) in [6.45, 7) is 3.61. The van der Waals surface area contributed by atoms with Gasteiger partial charge in [-0.1, -0.05) is 30.7 Å². The van der Waals surface area contributed by atoms with Crippen LogP contribution in [0.25, 0.3) is 0 Å². The highest BCUT2D eigenvalue weighted by atomic mass is 16.5. The minimum atomic E-state index is -0.495. The van der Waals surface area contributed by atoms with Gasteiger partial charge in [0, 0.05) is 0 Å². The van der Waals surface area contributed by atoms with Crippen LogP contribution in [0.2, 0.25) is 0 Å². The van der Waals surface area contributed by atoms with Crippen LogP contribution in [-0.2, 0) is 11.2 Å². The van der Waals surface area contributed by atoms with Crippen LogP contribution in [0.1, 0.15) is 15.9 Å². The zero-order chi connectivity index (χ0) is 10.4. The number of rotatable bonds is 3. The van der Waals surface area contributed by atoms with E-state index in [0.717, 1.165) is 5.56 Å². The van der Waals surface area contributed by atoms with Gasteiger partial charge < -0.3 is 4.74 Å². The molecule has 0 fully saturated rings. The summed E-state index contributed by atoms with van der Waals surface area (Å²) in [5.41, 5.74) is 1.35. The molecule has 0 saturated heterocycles. The van der Waals surface area contributed by atoms with Crippen molar-refractivity contribution in [2.45, 2.75) is 6.42 Å². The third-order valence-corrected chi connectivity index (χ3v) is 1.75. The highest BCUT2D eigenvalue weighted by Gasteiger charge is 2.10. The van der Waals surface area contributed by atoms with Gasteiger partial charge in [-0.2, -0.15) is 0 Å². The quantitative estimate of drug-likeness (QED) is 0.411. The molecule has 0 unspecified atom stereocenters. The van der Waals surface area contributed by atoms with Crippen LogP contribution in [0, 0.1) is 12.5 Å². The van der Waals surface area contributed by atoms with Gasteiger partial charge in [-0.3, -0.25) is 0 Å². The van der Waals surface area contributed by atoms with Crippen LogP contribution in [0.3, 0.4) is 0 Å². The molecule has 70 valence electrons. The zero-order valence-corrected chi connectivity index (χ0v) is 7.69. The Morgan fingerprint density at radius 2 is 2.29 bits per heavy atom. The maximum absolute atomic E-state index is 11.3. The van der Waals surface area contributed by atoms with Gasteiger partial charge in [0.2, 0.25) is 0 Å². The van der Waals surface area contributed by atoms with Crippen LogP contribution in [0.15, 0.2) is 36.9 Å². The molecule has 0 saturated carbocycles. The molecule has 0 heterocycles. The Kier molecular flexibility index (Phi) is 3.51. The molecule has 0 atom stereocenters. The Morgan fingerprint density at radius 1 is 1.57 bits per heavy atom. The minimum absolute atomic E-state index is 0.491. The molecule has 1 rings (SSSR count). The molecule has 0 aromatic heterocycles. The lowest BCUT2D eigenvalue weighted by Gasteiger charge is -2.03. The van der Waals surface area contributed by atoms with Crippen molar-refractivity contribution in [3.8, 4) is 12.5 Å². The average molecular weight is 186 g/mol. The fourth-order valence-corrected chi connectivity index (χ4v) is 1.16. The number of esters is 1. The predicted octanol–water partition coefficient (Wildman–Crippen LogP) is 2.16. The van der Waals surface area contributed by atoms with Crippen molar-refractivity contribution >= 4 is 5.97 Å². The maximum atomic E-state index is 11.3. The normalized spacial score (nSPS) is 8.79. The smallest absolute Gasteiger partial charge is 0.352 e. The fraction of sp³-hybridized carbons (Fsp3) is 0.0833.